The number of rotatable bonds is 0. The van der Waals surface area contributed by atoms with E-state index in [1.807, 2.05) is 12.5 Å². The van der Waals surface area contributed by atoms with E-state index in [4.69, 9.17) is 0 Å². The fourth-order valence-corrected chi connectivity index (χ4v) is 1.72. The van der Waals surface area contributed by atoms with Gasteiger partial charge in [0.25, 0.3) is 0 Å². The second kappa shape index (κ2) is 2.84. The van der Waals surface area contributed by atoms with Gasteiger partial charge in [-0.1, -0.05) is 0 Å². The number of nitrogens with zero attached hydrogens (tertiary/aromatic N) is 3. The van der Waals surface area contributed by atoms with Crippen molar-refractivity contribution in [1.29, 1.82) is 0 Å². The van der Waals surface area contributed by atoms with Crippen LogP contribution in [0.5, 0.6) is 0 Å². The van der Waals surface area contributed by atoms with Crippen LogP contribution in [-0.2, 0) is 13.1 Å². The average Bonchev–Trinajstić information content (AvgIpc) is 2.45. The van der Waals surface area contributed by atoms with Crippen LogP contribution in [0.15, 0.2) is 12.5 Å². The zero-order chi connectivity index (χ0) is 9.47. The molecule has 1 aliphatic heterocycles. The van der Waals surface area contributed by atoms with E-state index in [2.05, 4.69) is 35.3 Å². The Morgan fingerprint density at radius 3 is 3.00 bits per heavy atom. The van der Waals surface area contributed by atoms with Crippen LogP contribution < -0.4 is 0 Å². The van der Waals surface area contributed by atoms with Crippen molar-refractivity contribution < 1.29 is 0 Å². The average molecular weight is 179 g/mol. The lowest BCUT2D eigenvalue weighted by molar-refractivity contribution is 0.144. The number of hydrogen-bond acceptors (Lipinski definition) is 2. The first-order valence-electron chi connectivity index (χ1n) is 4.80. The zero-order valence-electron chi connectivity index (χ0n) is 8.62. The fourth-order valence-electron chi connectivity index (χ4n) is 1.72. The topological polar surface area (TPSA) is 21.1 Å². The highest BCUT2D eigenvalue weighted by Gasteiger charge is 2.27. The molecule has 0 aliphatic carbocycles. The Hall–Kier alpha value is -0.830. The van der Waals surface area contributed by atoms with Crippen molar-refractivity contribution in [3.8, 4) is 0 Å². The Morgan fingerprint density at radius 1 is 1.46 bits per heavy atom. The number of aryl methyl sites for hydroxylation is 1. The summed E-state index contributed by atoms with van der Waals surface area (Å²) in [4.78, 5) is 6.56. The summed E-state index contributed by atoms with van der Waals surface area (Å²) < 4.78 is 2.26. The summed E-state index contributed by atoms with van der Waals surface area (Å²) in [5, 5.41) is 0. The molecule has 1 aromatic rings. The molecule has 0 atom stereocenters. The predicted molar refractivity (Wildman–Crippen MR) is 52.4 cm³/mol. The third-order valence-corrected chi connectivity index (χ3v) is 3.20. The first-order chi connectivity index (χ1) is 6.09. The van der Waals surface area contributed by atoms with E-state index in [-0.39, 0.29) is 0 Å². The van der Waals surface area contributed by atoms with Gasteiger partial charge in [-0.05, 0) is 27.3 Å². The minimum atomic E-state index is 0.305. The molecular formula is C10H17N3. The molecule has 1 aliphatic rings. The van der Waals surface area contributed by atoms with E-state index in [0.717, 1.165) is 13.1 Å². The van der Waals surface area contributed by atoms with Crippen molar-refractivity contribution in [1.82, 2.24) is 14.5 Å². The van der Waals surface area contributed by atoms with Gasteiger partial charge >= 0.3 is 0 Å². The first-order valence-corrected chi connectivity index (χ1v) is 4.80. The van der Waals surface area contributed by atoms with Crippen molar-refractivity contribution in [2.75, 3.05) is 7.05 Å². The summed E-state index contributed by atoms with van der Waals surface area (Å²) in [5.41, 5.74) is 1.63. The minimum Gasteiger partial charge on any atom is -0.333 e. The van der Waals surface area contributed by atoms with E-state index < -0.39 is 0 Å². The van der Waals surface area contributed by atoms with Gasteiger partial charge in [0.05, 0.1) is 12.0 Å². The Morgan fingerprint density at radius 2 is 2.23 bits per heavy atom. The van der Waals surface area contributed by atoms with Crippen molar-refractivity contribution in [2.45, 2.75) is 38.9 Å². The van der Waals surface area contributed by atoms with Gasteiger partial charge < -0.3 is 4.57 Å². The van der Waals surface area contributed by atoms with Crippen LogP contribution in [0.3, 0.4) is 0 Å². The largest absolute Gasteiger partial charge is 0.333 e. The second-order valence-corrected chi connectivity index (χ2v) is 4.50. The van der Waals surface area contributed by atoms with Crippen LogP contribution >= 0.6 is 0 Å². The Labute approximate surface area is 79.4 Å². The van der Waals surface area contributed by atoms with E-state index in [0.29, 0.717) is 5.54 Å². The Kier molecular flexibility index (Phi) is 1.91. The number of aromatic nitrogens is 2. The molecule has 1 aromatic heterocycles. The van der Waals surface area contributed by atoms with Gasteiger partial charge in [0, 0.05) is 24.8 Å². The lowest BCUT2D eigenvalue weighted by atomic mass is 9.99. The predicted octanol–water partition coefficient (Wildman–Crippen LogP) is 1.50. The van der Waals surface area contributed by atoms with Gasteiger partial charge in [-0.2, -0.15) is 0 Å². The van der Waals surface area contributed by atoms with Gasteiger partial charge in [0.15, 0.2) is 0 Å². The molecule has 0 unspecified atom stereocenters. The quantitative estimate of drug-likeness (QED) is 0.601. The number of hydrogen-bond donors (Lipinski definition) is 0. The molecule has 13 heavy (non-hydrogen) atoms. The molecule has 2 rings (SSSR count). The molecule has 2 heterocycles. The second-order valence-electron chi connectivity index (χ2n) is 4.50. The maximum atomic E-state index is 4.16. The van der Waals surface area contributed by atoms with Gasteiger partial charge in [-0.25, -0.2) is 4.98 Å². The monoisotopic (exact) mass is 179 g/mol. The maximum Gasteiger partial charge on any atom is 0.0948 e. The van der Waals surface area contributed by atoms with E-state index >= 15 is 0 Å². The summed E-state index contributed by atoms with van der Waals surface area (Å²) in [6, 6.07) is 0. The summed E-state index contributed by atoms with van der Waals surface area (Å²) in [6.07, 6.45) is 5.09. The molecule has 0 amide bonds. The van der Waals surface area contributed by atoms with Gasteiger partial charge in [-0.3, -0.25) is 4.90 Å². The van der Waals surface area contributed by atoms with Crippen LogP contribution in [0, 0.1) is 0 Å². The third kappa shape index (κ3) is 1.48. The highest BCUT2D eigenvalue weighted by Crippen LogP contribution is 2.24. The molecule has 3 heteroatoms. The smallest absolute Gasteiger partial charge is 0.0948 e. The highest BCUT2D eigenvalue weighted by atomic mass is 15.2. The maximum absolute atomic E-state index is 4.16. The molecule has 0 spiro atoms. The number of fused-ring (bicyclic) bond motifs is 1. The molecular weight excluding hydrogens is 162 g/mol. The van der Waals surface area contributed by atoms with Crippen LogP contribution in [0.4, 0.5) is 0 Å². The van der Waals surface area contributed by atoms with Gasteiger partial charge in [0.1, 0.15) is 0 Å². The van der Waals surface area contributed by atoms with Crippen molar-refractivity contribution in [2.24, 2.45) is 0 Å². The van der Waals surface area contributed by atoms with Crippen LogP contribution in [0.25, 0.3) is 0 Å². The first kappa shape index (κ1) is 8.75. The van der Waals surface area contributed by atoms with Crippen LogP contribution in [0.1, 0.15) is 26.0 Å². The van der Waals surface area contributed by atoms with E-state index in [1.54, 1.807) is 0 Å². The van der Waals surface area contributed by atoms with Crippen molar-refractivity contribution in [3.05, 3.63) is 18.2 Å². The summed E-state index contributed by atoms with van der Waals surface area (Å²) in [7, 11) is 2.18. The summed E-state index contributed by atoms with van der Waals surface area (Å²) >= 11 is 0. The van der Waals surface area contributed by atoms with E-state index in [9.17, 15) is 0 Å². The molecule has 0 saturated heterocycles. The van der Waals surface area contributed by atoms with Crippen molar-refractivity contribution >= 4 is 0 Å². The SMILES string of the molecule is CN1Cc2cncn2CCC1(C)C. The molecule has 0 fully saturated rings. The standard InChI is InChI=1S/C10H17N3/c1-10(2)4-5-13-8-11-6-9(13)7-12(10)3/h6,8H,4-5,7H2,1-3H3. The molecule has 3 nitrogen and oxygen atoms in total. The van der Waals surface area contributed by atoms with Crippen molar-refractivity contribution in [3.63, 3.8) is 0 Å². The Bertz CT molecular complexity index is 301. The highest BCUT2D eigenvalue weighted by molar-refractivity contribution is 5.02. The number of imidazole rings is 1. The van der Waals surface area contributed by atoms with Crippen LogP contribution in [-0.4, -0.2) is 27.0 Å². The van der Waals surface area contributed by atoms with Crippen LogP contribution in [0.2, 0.25) is 0 Å². The molecule has 72 valence electrons. The molecule has 0 radical (unpaired) electrons. The lowest BCUT2D eigenvalue weighted by Crippen LogP contribution is -2.39. The molecule has 0 aromatic carbocycles. The zero-order valence-corrected chi connectivity index (χ0v) is 8.62. The minimum absolute atomic E-state index is 0.305. The third-order valence-electron chi connectivity index (χ3n) is 3.20. The van der Waals surface area contributed by atoms with Gasteiger partial charge in [-0.15, -0.1) is 0 Å². The molecule has 0 bridgehead atoms. The summed E-state index contributed by atoms with van der Waals surface area (Å²) in [5.74, 6) is 0. The molecule has 0 N–H and O–H groups in total. The van der Waals surface area contributed by atoms with E-state index in [1.165, 1.54) is 12.1 Å². The lowest BCUT2D eigenvalue weighted by Gasteiger charge is -2.33. The molecule has 0 saturated carbocycles. The van der Waals surface area contributed by atoms with Gasteiger partial charge in [0.2, 0.25) is 0 Å². The summed E-state index contributed by atoms with van der Waals surface area (Å²) in [6.45, 7) is 6.69. The Balaban J connectivity index is 2.28. The fraction of sp³-hybridized carbons (Fsp3) is 0.700. The normalized spacial score (nSPS) is 22.4.